The Kier molecular flexibility index (Phi) is 5.24. The van der Waals surface area contributed by atoms with Gasteiger partial charge in [-0.15, -0.1) is 0 Å². The van der Waals surface area contributed by atoms with E-state index in [1.54, 1.807) is 0 Å². The third-order valence-electron chi connectivity index (χ3n) is 13.1. The van der Waals surface area contributed by atoms with Crippen molar-refractivity contribution in [2.24, 2.45) is 0 Å². The molecule has 0 fully saturated rings. The van der Waals surface area contributed by atoms with Crippen molar-refractivity contribution in [1.82, 2.24) is 0 Å². The summed E-state index contributed by atoms with van der Waals surface area (Å²) in [5, 5.41) is 16.1. The van der Waals surface area contributed by atoms with Crippen molar-refractivity contribution >= 4 is 64.6 Å². The molecule has 11 aromatic rings. The molecule has 244 valence electrons. The third-order valence-corrected chi connectivity index (χ3v) is 13.1. The Morgan fingerprint density at radius 3 is 1.42 bits per heavy atom. The van der Waals surface area contributed by atoms with Crippen LogP contribution >= 0.6 is 0 Å². The molecule has 1 spiro atoms. The second kappa shape index (κ2) is 9.88. The molecule has 2 aliphatic carbocycles. The zero-order valence-corrected chi connectivity index (χ0v) is 29.1. The van der Waals surface area contributed by atoms with E-state index in [4.69, 9.17) is 0 Å². The SMILES string of the molecule is c1ccc2c(c1)-c1ccc(-c3ccc4ccc5cccc6ccc3c4c56)cc1C21Cc2ccc(-c3ccc4ccc5cccc6ccc3c4c56)cc2C1. The summed E-state index contributed by atoms with van der Waals surface area (Å²) in [4.78, 5) is 0. The van der Waals surface area contributed by atoms with Gasteiger partial charge in [0.05, 0.1) is 0 Å². The summed E-state index contributed by atoms with van der Waals surface area (Å²) in [6.07, 6.45) is 2.03. The summed E-state index contributed by atoms with van der Waals surface area (Å²) in [5.41, 5.74) is 13.9. The van der Waals surface area contributed by atoms with E-state index >= 15 is 0 Å². The number of hydrogen-bond donors (Lipinski definition) is 0. The van der Waals surface area contributed by atoms with Gasteiger partial charge in [0.2, 0.25) is 0 Å². The molecule has 2 aliphatic rings. The molecule has 0 saturated heterocycles. The summed E-state index contributed by atoms with van der Waals surface area (Å²) in [6, 6.07) is 65.0. The fourth-order valence-corrected chi connectivity index (χ4v) is 10.8. The van der Waals surface area contributed by atoms with E-state index < -0.39 is 0 Å². The fraction of sp³-hybridized carbons (Fsp3) is 0.0566. The molecular formula is C53H32. The van der Waals surface area contributed by atoms with Crippen molar-refractivity contribution < 1.29 is 0 Å². The van der Waals surface area contributed by atoms with E-state index in [-0.39, 0.29) is 5.41 Å². The van der Waals surface area contributed by atoms with Crippen LogP contribution in [0.15, 0.2) is 170 Å². The largest absolute Gasteiger partial charge is 0.0619 e. The number of fused-ring (bicyclic) bond motifs is 6. The summed E-state index contributed by atoms with van der Waals surface area (Å²) < 4.78 is 0. The van der Waals surface area contributed by atoms with Crippen molar-refractivity contribution in [3.63, 3.8) is 0 Å². The minimum Gasteiger partial charge on any atom is -0.0619 e. The first-order valence-corrected chi connectivity index (χ1v) is 18.9. The van der Waals surface area contributed by atoms with Crippen molar-refractivity contribution in [2.75, 3.05) is 0 Å². The van der Waals surface area contributed by atoms with Gasteiger partial charge in [0.15, 0.2) is 0 Å². The van der Waals surface area contributed by atoms with Crippen LogP contribution in [-0.2, 0) is 18.3 Å². The predicted octanol–water partition coefficient (Wildman–Crippen LogP) is 13.9. The molecule has 0 radical (unpaired) electrons. The van der Waals surface area contributed by atoms with Crippen LogP contribution in [0.25, 0.3) is 98.0 Å². The Hall–Kier alpha value is -6.50. The van der Waals surface area contributed by atoms with E-state index in [1.165, 1.54) is 120 Å². The summed E-state index contributed by atoms with van der Waals surface area (Å²) >= 11 is 0. The summed E-state index contributed by atoms with van der Waals surface area (Å²) in [5.74, 6) is 0. The van der Waals surface area contributed by atoms with Gasteiger partial charge in [-0.2, -0.15) is 0 Å². The van der Waals surface area contributed by atoms with Crippen LogP contribution in [0, 0.1) is 0 Å². The Bertz CT molecular complexity index is 3310. The molecule has 0 N–H and O–H groups in total. The zero-order valence-electron chi connectivity index (χ0n) is 29.1. The first kappa shape index (κ1) is 28.1. The molecule has 0 heterocycles. The van der Waals surface area contributed by atoms with E-state index in [1.807, 2.05) is 0 Å². The van der Waals surface area contributed by atoms with Crippen LogP contribution in [-0.4, -0.2) is 0 Å². The Morgan fingerprint density at radius 2 is 0.774 bits per heavy atom. The molecule has 0 aromatic heterocycles. The highest BCUT2D eigenvalue weighted by Gasteiger charge is 2.47. The number of benzene rings is 11. The third kappa shape index (κ3) is 3.61. The molecular weight excluding hydrogens is 637 g/mol. The van der Waals surface area contributed by atoms with Gasteiger partial charge in [-0.25, -0.2) is 0 Å². The van der Waals surface area contributed by atoms with Crippen LogP contribution in [0.5, 0.6) is 0 Å². The van der Waals surface area contributed by atoms with Crippen molar-refractivity contribution in [3.05, 3.63) is 192 Å². The van der Waals surface area contributed by atoms with Gasteiger partial charge >= 0.3 is 0 Å². The molecule has 0 saturated carbocycles. The molecule has 11 aromatic carbocycles. The maximum atomic E-state index is 2.55. The number of rotatable bonds is 2. The average Bonchev–Trinajstić information content (AvgIpc) is 3.73. The van der Waals surface area contributed by atoms with Gasteiger partial charge < -0.3 is 0 Å². The fourth-order valence-electron chi connectivity index (χ4n) is 10.8. The van der Waals surface area contributed by atoms with Gasteiger partial charge in [0, 0.05) is 5.41 Å². The van der Waals surface area contributed by atoms with Crippen LogP contribution in [0.3, 0.4) is 0 Å². The molecule has 0 aliphatic heterocycles. The molecule has 53 heavy (non-hydrogen) atoms. The topological polar surface area (TPSA) is 0 Å². The zero-order chi connectivity index (χ0) is 34.4. The standard InChI is InChI=1S/C53H32/c1-2-10-47-43(9-1)44-24-21-38(42-23-18-36-14-12-32-6-4-8-34-20-26-46(42)52(36)50(32)34)28-48(44)53(47)29-39-16-15-37(27-40(39)30-53)41-22-17-35-13-11-31-5-3-7-33-19-25-45(41)51(35)49(31)33/h1-28H,29-30H2. The van der Waals surface area contributed by atoms with Crippen molar-refractivity contribution in [2.45, 2.75) is 18.3 Å². The van der Waals surface area contributed by atoms with Crippen molar-refractivity contribution in [3.8, 4) is 33.4 Å². The van der Waals surface area contributed by atoms with Gasteiger partial charge in [-0.05, 0) is 139 Å². The maximum absolute atomic E-state index is 2.55. The average molecular weight is 669 g/mol. The minimum atomic E-state index is -0.0880. The molecule has 1 unspecified atom stereocenters. The highest BCUT2D eigenvalue weighted by molar-refractivity contribution is 6.26. The van der Waals surface area contributed by atoms with Crippen LogP contribution < -0.4 is 0 Å². The Labute approximate surface area is 307 Å². The van der Waals surface area contributed by atoms with Crippen molar-refractivity contribution in [1.29, 1.82) is 0 Å². The Balaban J connectivity index is 0.974. The van der Waals surface area contributed by atoms with Gasteiger partial charge in [-0.1, -0.05) is 164 Å². The molecule has 1 atom stereocenters. The minimum absolute atomic E-state index is 0.0880. The highest BCUT2D eigenvalue weighted by Crippen LogP contribution is 2.57. The van der Waals surface area contributed by atoms with E-state index in [2.05, 4.69) is 170 Å². The van der Waals surface area contributed by atoms with Crippen LogP contribution in [0.4, 0.5) is 0 Å². The Morgan fingerprint density at radius 1 is 0.302 bits per heavy atom. The molecule has 0 nitrogen and oxygen atoms in total. The monoisotopic (exact) mass is 668 g/mol. The van der Waals surface area contributed by atoms with Gasteiger partial charge in [0.1, 0.15) is 0 Å². The van der Waals surface area contributed by atoms with Gasteiger partial charge in [0.25, 0.3) is 0 Å². The lowest BCUT2D eigenvalue weighted by Gasteiger charge is -2.27. The lowest BCUT2D eigenvalue weighted by molar-refractivity contribution is 0.564. The second-order valence-electron chi connectivity index (χ2n) is 15.7. The molecule has 13 rings (SSSR count). The summed E-state index contributed by atoms with van der Waals surface area (Å²) in [7, 11) is 0. The van der Waals surface area contributed by atoms with E-state index in [9.17, 15) is 0 Å². The smallest absolute Gasteiger partial charge is 0.0296 e. The summed E-state index contributed by atoms with van der Waals surface area (Å²) in [6.45, 7) is 0. The predicted molar refractivity (Wildman–Crippen MR) is 225 cm³/mol. The second-order valence-corrected chi connectivity index (χ2v) is 15.7. The molecule has 0 heteroatoms. The van der Waals surface area contributed by atoms with Crippen LogP contribution in [0.1, 0.15) is 22.3 Å². The number of hydrogen-bond acceptors (Lipinski definition) is 0. The van der Waals surface area contributed by atoms with E-state index in [0.29, 0.717) is 0 Å². The van der Waals surface area contributed by atoms with E-state index in [0.717, 1.165) is 12.8 Å². The first-order valence-electron chi connectivity index (χ1n) is 18.9. The lowest BCUT2D eigenvalue weighted by atomic mass is 9.75. The molecule has 0 bridgehead atoms. The van der Waals surface area contributed by atoms with Crippen LogP contribution in [0.2, 0.25) is 0 Å². The normalized spacial score (nSPS) is 16.2. The highest BCUT2D eigenvalue weighted by atomic mass is 14.5. The molecule has 0 amide bonds. The maximum Gasteiger partial charge on any atom is 0.0296 e. The first-order chi connectivity index (χ1) is 26.2. The lowest BCUT2D eigenvalue weighted by Crippen LogP contribution is -2.25. The quantitative estimate of drug-likeness (QED) is 0.161. The van der Waals surface area contributed by atoms with Gasteiger partial charge in [-0.3, -0.25) is 0 Å².